The molecule has 36 heavy (non-hydrogen) atoms. The van der Waals surface area contributed by atoms with Crippen molar-refractivity contribution >= 4 is 27.1 Å². The van der Waals surface area contributed by atoms with Crippen LogP contribution in [-0.4, -0.2) is 53.1 Å². The minimum Gasteiger partial charge on any atom is -0.497 e. The molecule has 1 saturated heterocycles. The summed E-state index contributed by atoms with van der Waals surface area (Å²) >= 11 is 0. The minimum absolute atomic E-state index is 0.0601. The second-order valence-corrected chi connectivity index (χ2v) is 12.1. The molecular formula is C29H36FNO4Si. The van der Waals surface area contributed by atoms with Crippen molar-refractivity contribution in [1.29, 1.82) is 0 Å². The Morgan fingerprint density at radius 3 is 2.50 bits per heavy atom. The molecule has 0 bridgehead atoms. The summed E-state index contributed by atoms with van der Waals surface area (Å²) in [6.07, 6.45) is 0.188. The topological polar surface area (TPSA) is 48.0 Å². The van der Waals surface area contributed by atoms with Crippen molar-refractivity contribution in [3.8, 4) is 5.75 Å². The third kappa shape index (κ3) is 6.07. The van der Waals surface area contributed by atoms with Crippen molar-refractivity contribution in [2.45, 2.75) is 57.0 Å². The molecule has 0 N–H and O–H groups in total. The quantitative estimate of drug-likeness (QED) is 0.398. The SMILES string of the molecule is COc1ccc2cc(COC3CN(C(=O)OC(C)(C)C(C)[SiH3])CCC3c3ccc(F)cc3)ccc2c1. The maximum absolute atomic E-state index is 13.6. The second-order valence-electron chi connectivity index (χ2n) is 10.4. The molecular weight excluding hydrogens is 473 g/mol. The van der Waals surface area contributed by atoms with Crippen LogP contribution < -0.4 is 4.74 Å². The van der Waals surface area contributed by atoms with Crippen LogP contribution in [0.4, 0.5) is 9.18 Å². The van der Waals surface area contributed by atoms with Gasteiger partial charge in [-0.15, -0.1) is 0 Å². The summed E-state index contributed by atoms with van der Waals surface area (Å²) < 4.78 is 31.2. The van der Waals surface area contributed by atoms with Crippen LogP contribution in [-0.2, 0) is 16.1 Å². The van der Waals surface area contributed by atoms with Gasteiger partial charge < -0.3 is 19.1 Å². The predicted octanol–water partition coefficient (Wildman–Crippen LogP) is 5.45. The highest BCUT2D eigenvalue weighted by atomic mass is 28.1. The zero-order chi connectivity index (χ0) is 25.9. The van der Waals surface area contributed by atoms with Crippen LogP contribution in [0.2, 0.25) is 5.54 Å². The van der Waals surface area contributed by atoms with E-state index in [1.807, 2.05) is 44.2 Å². The Kier molecular flexibility index (Phi) is 8.00. The number of methoxy groups -OCH3 is 1. The zero-order valence-corrected chi connectivity index (χ0v) is 23.8. The summed E-state index contributed by atoms with van der Waals surface area (Å²) in [5.41, 5.74) is 1.91. The third-order valence-electron chi connectivity index (χ3n) is 7.43. The number of likely N-dealkylation sites (tertiary alicyclic amines) is 1. The number of hydrogen-bond donors (Lipinski definition) is 0. The van der Waals surface area contributed by atoms with Crippen LogP contribution >= 0.6 is 0 Å². The van der Waals surface area contributed by atoms with E-state index in [0.717, 1.165) is 44.3 Å². The maximum Gasteiger partial charge on any atom is 0.410 e. The van der Waals surface area contributed by atoms with Crippen LogP contribution in [0.1, 0.15) is 44.2 Å². The van der Waals surface area contributed by atoms with Crippen LogP contribution in [0.3, 0.4) is 0 Å². The standard InChI is InChI=1S/C29H36FNO4Si/c1-19(36)29(2,3)35-28(32)31-14-13-26(21-7-10-24(30)11-8-21)27(17-31)34-18-20-5-6-23-16-25(33-4)12-9-22(23)15-20/h5-12,15-16,19,26-27H,13-14,17-18H2,1-4,36H3. The highest BCUT2D eigenvalue weighted by Crippen LogP contribution is 2.33. The van der Waals surface area contributed by atoms with Gasteiger partial charge in [-0.3, -0.25) is 0 Å². The minimum atomic E-state index is -0.499. The molecule has 4 rings (SSSR count). The number of fused-ring (bicyclic) bond motifs is 1. The monoisotopic (exact) mass is 509 g/mol. The van der Waals surface area contributed by atoms with Gasteiger partial charge in [0.1, 0.15) is 17.2 Å². The molecule has 1 heterocycles. The Labute approximate surface area is 216 Å². The summed E-state index contributed by atoms with van der Waals surface area (Å²) in [5, 5.41) is 2.21. The van der Waals surface area contributed by atoms with Gasteiger partial charge >= 0.3 is 6.09 Å². The molecule has 0 spiro atoms. The number of ether oxygens (including phenoxy) is 3. The van der Waals surface area contributed by atoms with Crippen LogP contribution in [0.25, 0.3) is 10.8 Å². The van der Waals surface area contributed by atoms with Crippen LogP contribution in [0.5, 0.6) is 5.75 Å². The fourth-order valence-electron chi connectivity index (χ4n) is 4.44. The molecule has 1 fully saturated rings. The smallest absolute Gasteiger partial charge is 0.410 e. The van der Waals surface area contributed by atoms with Gasteiger partial charge in [0.25, 0.3) is 0 Å². The molecule has 0 saturated carbocycles. The Morgan fingerprint density at radius 2 is 1.81 bits per heavy atom. The molecule has 5 nitrogen and oxygen atoms in total. The average Bonchev–Trinajstić information content (AvgIpc) is 2.87. The molecule has 1 amide bonds. The molecule has 3 atom stereocenters. The van der Waals surface area contributed by atoms with E-state index in [1.54, 1.807) is 12.0 Å². The first kappa shape index (κ1) is 26.2. The van der Waals surface area contributed by atoms with E-state index < -0.39 is 5.60 Å². The second kappa shape index (κ2) is 11.0. The number of nitrogens with zero attached hydrogens (tertiary/aromatic N) is 1. The number of carbonyl (C=O) groups is 1. The first-order valence-electron chi connectivity index (χ1n) is 12.6. The fraction of sp³-hybridized carbons (Fsp3) is 0.414. The van der Waals surface area contributed by atoms with Gasteiger partial charge in [0.2, 0.25) is 0 Å². The lowest BCUT2D eigenvalue weighted by Gasteiger charge is -2.40. The Balaban J connectivity index is 1.51. The summed E-state index contributed by atoms with van der Waals surface area (Å²) in [5.74, 6) is 0.625. The van der Waals surface area contributed by atoms with Crippen molar-refractivity contribution < 1.29 is 23.4 Å². The lowest BCUT2D eigenvalue weighted by molar-refractivity contribution is -0.0393. The number of halogens is 1. The van der Waals surface area contributed by atoms with E-state index in [4.69, 9.17) is 14.2 Å². The molecule has 0 radical (unpaired) electrons. The molecule has 1 aliphatic heterocycles. The van der Waals surface area contributed by atoms with E-state index in [0.29, 0.717) is 25.2 Å². The van der Waals surface area contributed by atoms with Crippen LogP contribution in [0.15, 0.2) is 60.7 Å². The van der Waals surface area contributed by atoms with Crippen LogP contribution in [0, 0.1) is 5.82 Å². The van der Waals surface area contributed by atoms with Gasteiger partial charge in [0.05, 0.1) is 26.4 Å². The fourth-order valence-corrected chi connectivity index (χ4v) is 4.56. The van der Waals surface area contributed by atoms with E-state index in [9.17, 15) is 9.18 Å². The molecule has 3 aromatic rings. The normalized spacial score (nSPS) is 19.3. The molecule has 0 aromatic heterocycles. The maximum atomic E-state index is 13.6. The predicted molar refractivity (Wildman–Crippen MR) is 144 cm³/mol. The first-order chi connectivity index (χ1) is 17.2. The van der Waals surface area contributed by atoms with Gasteiger partial charge in [-0.05, 0) is 78.0 Å². The number of hydrogen-bond acceptors (Lipinski definition) is 4. The number of benzene rings is 3. The first-order valence-corrected chi connectivity index (χ1v) is 13.7. The number of carbonyl (C=O) groups excluding carboxylic acids is 1. The zero-order valence-electron chi connectivity index (χ0n) is 21.8. The Hall–Kier alpha value is -2.90. The average molecular weight is 510 g/mol. The van der Waals surface area contributed by atoms with Crippen molar-refractivity contribution in [3.63, 3.8) is 0 Å². The summed E-state index contributed by atoms with van der Waals surface area (Å²) in [7, 11) is 2.61. The highest BCUT2D eigenvalue weighted by Gasteiger charge is 2.36. The van der Waals surface area contributed by atoms with Crippen molar-refractivity contribution in [1.82, 2.24) is 4.90 Å². The summed E-state index contributed by atoms with van der Waals surface area (Å²) in [4.78, 5) is 14.8. The highest BCUT2D eigenvalue weighted by molar-refractivity contribution is 6.12. The number of amides is 1. The molecule has 3 unspecified atom stereocenters. The molecule has 7 heteroatoms. The van der Waals surface area contributed by atoms with Gasteiger partial charge in [0, 0.05) is 22.7 Å². The van der Waals surface area contributed by atoms with E-state index in [-0.39, 0.29) is 23.9 Å². The number of piperidine rings is 1. The summed E-state index contributed by atoms with van der Waals surface area (Å²) in [6, 6.07) is 18.8. The van der Waals surface area contributed by atoms with Gasteiger partial charge in [-0.2, -0.15) is 0 Å². The van der Waals surface area contributed by atoms with E-state index in [1.165, 1.54) is 12.1 Å². The Morgan fingerprint density at radius 1 is 1.11 bits per heavy atom. The van der Waals surface area contributed by atoms with Gasteiger partial charge in [-0.25, -0.2) is 9.18 Å². The van der Waals surface area contributed by atoms with Crippen molar-refractivity contribution in [2.24, 2.45) is 0 Å². The Bertz CT molecular complexity index is 1200. The van der Waals surface area contributed by atoms with E-state index >= 15 is 0 Å². The summed E-state index contributed by atoms with van der Waals surface area (Å²) in [6.45, 7) is 7.46. The molecule has 192 valence electrons. The third-order valence-corrected chi connectivity index (χ3v) is 8.82. The lowest BCUT2D eigenvalue weighted by Crippen LogP contribution is -2.49. The number of rotatable bonds is 7. The van der Waals surface area contributed by atoms with Crippen molar-refractivity contribution in [2.75, 3.05) is 20.2 Å². The molecule has 3 aromatic carbocycles. The van der Waals surface area contributed by atoms with E-state index in [2.05, 4.69) is 25.1 Å². The largest absolute Gasteiger partial charge is 0.497 e. The van der Waals surface area contributed by atoms with Gasteiger partial charge in [0.15, 0.2) is 0 Å². The van der Waals surface area contributed by atoms with Gasteiger partial charge in [-0.1, -0.05) is 37.3 Å². The molecule has 1 aliphatic rings. The van der Waals surface area contributed by atoms with Crippen molar-refractivity contribution in [3.05, 3.63) is 77.6 Å². The lowest BCUT2D eigenvalue weighted by atomic mass is 9.87. The molecule has 0 aliphatic carbocycles.